The predicted octanol–water partition coefficient (Wildman–Crippen LogP) is 2.50. The minimum Gasteiger partial charge on any atom is -0.306 e. The molecule has 0 unspecified atom stereocenters. The summed E-state index contributed by atoms with van der Waals surface area (Å²) in [6.45, 7) is 3.05. The van der Waals surface area contributed by atoms with Crippen LogP contribution in [0.5, 0.6) is 0 Å². The molecular weight excluding hydrogens is 224 g/mol. The molecule has 1 aromatic carbocycles. The summed E-state index contributed by atoms with van der Waals surface area (Å²) in [6.07, 6.45) is 3.84. The Morgan fingerprint density at radius 1 is 1.22 bits per heavy atom. The van der Waals surface area contributed by atoms with E-state index in [0.29, 0.717) is 5.54 Å². The first-order valence-corrected chi connectivity index (χ1v) is 6.47. The van der Waals surface area contributed by atoms with Crippen molar-refractivity contribution in [3.63, 3.8) is 0 Å². The van der Waals surface area contributed by atoms with Gasteiger partial charge in [0.25, 0.3) is 0 Å². The van der Waals surface area contributed by atoms with Crippen LogP contribution in [0, 0.1) is 0 Å². The summed E-state index contributed by atoms with van der Waals surface area (Å²) in [4.78, 5) is 0. The topological polar surface area (TPSA) is 53.6 Å². The summed E-state index contributed by atoms with van der Waals surface area (Å²) in [5.41, 5.74) is 3.36. The van der Waals surface area contributed by atoms with Gasteiger partial charge in [-0.2, -0.15) is 15.4 Å². The van der Waals surface area contributed by atoms with E-state index < -0.39 is 0 Å². The highest BCUT2D eigenvalue weighted by Gasteiger charge is 2.31. The zero-order chi connectivity index (χ0) is 12.4. The molecule has 3 rings (SSSR count). The highest BCUT2D eigenvalue weighted by Crippen LogP contribution is 2.31. The maximum Gasteiger partial charge on any atom is 0.117 e. The molecule has 0 saturated heterocycles. The van der Waals surface area contributed by atoms with Gasteiger partial charge in [0, 0.05) is 17.6 Å². The fourth-order valence-electron chi connectivity index (χ4n) is 2.38. The van der Waals surface area contributed by atoms with E-state index >= 15 is 0 Å². The van der Waals surface area contributed by atoms with E-state index in [9.17, 15) is 0 Å². The lowest BCUT2D eigenvalue weighted by molar-refractivity contribution is 0.206. The molecule has 0 atom stereocenters. The van der Waals surface area contributed by atoms with Gasteiger partial charge in [0.05, 0.1) is 0 Å². The fraction of sp³-hybridized carbons (Fsp3) is 0.429. The second-order valence-corrected chi connectivity index (χ2v) is 5.25. The van der Waals surface area contributed by atoms with E-state index in [1.54, 1.807) is 0 Å². The summed E-state index contributed by atoms with van der Waals surface area (Å²) in [6, 6.07) is 10.2. The molecule has 1 aromatic heterocycles. The molecule has 1 aliphatic rings. The normalized spacial score (nSPS) is 17.4. The van der Waals surface area contributed by atoms with Crippen molar-refractivity contribution in [3.8, 4) is 11.3 Å². The van der Waals surface area contributed by atoms with Crippen molar-refractivity contribution in [1.82, 2.24) is 20.7 Å². The zero-order valence-corrected chi connectivity index (χ0v) is 10.6. The Bertz CT molecular complexity index is 514. The molecule has 0 aliphatic heterocycles. The number of nitrogens with one attached hydrogen (secondary N) is 2. The van der Waals surface area contributed by atoms with Crippen molar-refractivity contribution < 1.29 is 0 Å². The fourth-order valence-corrected chi connectivity index (χ4v) is 2.38. The second-order valence-electron chi connectivity index (χ2n) is 5.25. The molecule has 0 spiro atoms. The van der Waals surface area contributed by atoms with Crippen LogP contribution in [0.4, 0.5) is 0 Å². The molecular formula is C14H18N4. The van der Waals surface area contributed by atoms with Gasteiger partial charge < -0.3 is 5.32 Å². The lowest BCUT2D eigenvalue weighted by atomic mass is 9.78. The lowest BCUT2D eigenvalue weighted by Crippen LogP contribution is -2.47. The Hall–Kier alpha value is -1.68. The summed E-state index contributed by atoms with van der Waals surface area (Å²) in [5, 5.41) is 14.8. The SMILES string of the molecule is CC1(NCc2n[nH]nc2-c2ccccc2)CCC1. The van der Waals surface area contributed by atoms with E-state index in [0.717, 1.165) is 23.5 Å². The standard InChI is InChI=1S/C14H18N4/c1-14(8-5-9-14)15-10-12-13(17-18-16-12)11-6-3-2-4-7-11/h2-4,6-7,15H,5,8-10H2,1H3,(H,16,17,18). The van der Waals surface area contributed by atoms with E-state index in [1.807, 2.05) is 18.2 Å². The average molecular weight is 242 g/mol. The third kappa shape index (κ3) is 2.16. The summed E-state index contributed by atoms with van der Waals surface area (Å²) < 4.78 is 0. The van der Waals surface area contributed by atoms with E-state index in [-0.39, 0.29) is 0 Å². The van der Waals surface area contributed by atoms with Gasteiger partial charge in [-0.05, 0) is 26.2 Å². The molecule has 4 nitrogen and oxygen atoms in total. The number of H-pyrrole nitrogens is 1. The van der Waals surface area contributed by atoms with Crippen molar-refractivity contribution in [1.29, 1.82) is 0 Å². The van der Waals surface area contributed by atoms with E-state index in [4.69, 9.17) is 0 Å². The number of hydrogen-bond donors (Lipinski definition) is 2. The number of hydrogen-bond acceptors (Lipinski definition) is 3. The molecule has 1 saturated carbocycles. The molecule has 1 aliphatic carbocycles. The monoisotopic (exact) mass is 242 g/mol. The molecule has 94 valence electrons. The third-order valence-corrected chi connectivity index (χ3v) is 3.81. The number of rotatable bonds is 4. The largest absolute Gasteiger partial charge is 0.306 e. The van der Waals surface area contributed by atoms with Crippen LogP contribution in [0.1, 0.15) is 31.9 Å². The molecule has 0 amide bonds. The van der Waals surface area contributed by atoms with Crippen molar-refractivity contribution in [2.75, 3.05) is 0 Å². The van der Waals surface area contributed by atoms with Crippen LogP contribution in [0.2, 0.25) is 0 Å². The van der Waals surface area contributed by atoms with Crippen molar-refractivity contribution >= 4 is 0 Å². The maximum absolute atomic E-state index is 4.26. The van der Waals surface area contributed by atoms with Crippen LogP contribution >= 0.6 is 0 Å². The average Bonchev–Trinajstić information content (AvgIpc) is 2.83. The third-order valence-electron chi connectivity index (χ3n) is 3.81. The van der Waals surface area contributed by atoms with Gasteiger partial charge in [-0.1, -0.05) is 30.3 Å². The molecule has 4 heteroatoms. The van der Waals surface area contributed by atoms with Gasteiger partial charge in [0.15, 0.2) is 0 Å². The molecule has 1 fully saturated rings. The number of aromatic nitrogens is 3. The Kier molecular flexibility index (Phi) is 2.88. The quantitative estimate of drug-likeness (QED) is 0.866. The summed E-state index contributed by atoms with van der Waals surface area (Å²) in [7, 11) is 0. The van der Waals surface area contributed by atoms with Gasteiger partial charge in [0.2, 0.25) is 0 Å². The smallest absolute Gasteiger partial charge is 0.117 e. The first-order valence-electron chi connectivity index (χ1n) is 6.47. The zero-order valence-electron chi connectivity index (χ0n) is 10.6. The lowest BCUT2D eigenvalue weighted by Gasteiger charge is -2.39. The highest BCUT2D eigenvalue weighted by molar-refractivity contribution is 5.60. The Morgan fingerprint density at radius 3 is 2.67 bits per heavy atom. The first-order chi connectivity index (χ1) is 8.77. The predicted molar refractivity (Wildman–Crippen MR) is 70.9 cm³/mol. The minimum atomic E-state index is 0.299. The summed E-state index contributed by atoms with van der Waals surface area (Å²) in [5.74, 6) is 0. The van der Waals surface area contributed by atoms with E-state index in [1.165, 1.54) is 19.3 Å². The molecule has 18 heavy (non-hydrogen) atoms. The molecule has 2 N–H and O–H groups in total. The van der Waals surface area contributed by atoms with Crippen LogP contribution in [-0.4, -0.2) is 20.9 Å². The Balaban J connectivity index is 1.75. The first kappa shape index (κ1) is 11.4. The van der Waals surface area contributed by atoms with Gasteiger partial charge in [-0.3, -0.25) is 0 Å². The van der Waals surface area contributed by atoms with Crippen LogP contribution in [0.15, 0.2) is 30.3 Å². The van der Waals surface area contributed by atoms with Crippen molar-refractivity contribution in [2.24, 2.45) is 0 Å². The van der Waals surface area contributed by atoms with Crippen LogP contribution in [0.25, 0.3) is 11.3 Å². The van der Waals surface area contributed by atoms with Gasteiger partial charge in [-0.15, -0.1) is 0 Å². The van der Waals surface area contributed by atoms with E-state index in [2.05, 4.69) is 39.8 Å². The number of aromatic amines is 1. The van der Waals surface area contributed by atoms with Gasteiger partial charge in [0.1, 0.15) is 11.4 Å². The van der Waals surface area contributed by atoms with Crippen LogP contribution in [-0.2, 0) is 6.54 Å². The van der Waals surface area contributed by atoms with Crippen LogP contribution < -0.4 is 5.32 Å². The molecule has 0 bridgehead atoms. The number of benzene rings is 1. The molecule has 2 aromatic rings. The Morgan fingerprint density at radius 2 is 2.00 bits per heavy atom. The number of nitrogens with zero attached hydrogens (tertiary/aromatic N) is 2. The highest BCUT2D eigenvalue weighted by atomic mass is 15.3. The summed E-state index contributed by atoms with van der Waals surface area (Å²) >= 11 is 0. The maximum atomic E-state index is 4.26. The minimum absolute atomic E-state index is 0.299. The van der Waals surface area contributed by atoms with Crippen molar-refractivity contribution in [2.45, 2.75) is 38.3 Å². The van der Waals surface area contributed by atoms with Gasteiger partial charge in [-0.25, -0.2) is 0 Å². The Labute approximate surface area is 107 Å². The van der Waals surface area contributed by atoms with Crippen LogP contribution in [0.3, 0.4) is 0 Å². The van der Waals surface area contributed by atoms with Crippen molar-refractivity contribution in [3.05, 3.63) is 36.0 Å². The molecule has 0 radical (unpaired) electrons. The van der Waals surface area contributed by atoms with Gasteiger partial charge >= 0.3 is 0 Å². The molecule has 1 heterocycles. The second kappa shape index (κ2) is 4.53.